The standard InChI is InChI=1S/C27H20N4O6/c32-26(28-20-15-17-22(18-16-20)30(34)35)25(19-9-3-1-4-10-19)29(21-11-5-2-6-12-21)27(33)23-13-7-8-14-24(23)31(36)37/h1-18,25H,(H,28,32). The number of hydrogen-bond acceptors (Lipinski definition) is 6. The molecule has 10 nitrogen and oxygen atoms in total. The lowest BCUT2D eigenvalue weighted by atomic mass is 10.0. The lowest BCUT2D eigenvalue weighted by Gasteiger charge is -2.31. The van der Waals surface area contributed by atoms with Crippen LogP contribution in [0.2, 0.25) is 0 Å². The Labute approximate surface area is 211 Å². The van der Waals surface area contributed by atoms with Gasteiger partial charge in [0.25, 0.3) is 23.2 Å². The van der Waals surface area contributed by atoms with E-state index in [0.29, 0.717) is 11.3 Å². The maximum atomic E-state index is 13.9. The molecule has 1 unspecified atom stereocenters. The first-order valence-electron chi connectivity index (χ1n) is 11.1. The fourth-order valence-corrected chi connectivity index (χ4v) is 3.85. The number of carbonyl (C=O) groups is 2. The molecule has 0 saturated heterocycles. The minimum atomic E-state index is -1.23. The van der Waals surface area contributed by atoms with Gasteiger partial charge in [0.05, 0.1) is 9.85 Å². The number of nitrogens with one attached hydrogen (secondary N) is 1. The first kappa shape index (κ1) is 24.7. The van der Waals surface area contributed by atoms with Crippen molar-refractivity contribution in [2.75, 3.05) is 10.2 Å². The molecular weight excluding hydrogens is 476 g/mol. The summed E-state index contributed by atoms with van der Waals surface area (Å²) in [5, 5.41) is 25.4. The second-order valence-corrected chi connectivity index (χ2v) is 7.89. The average Bonchev–Trinajstić information content (AvgIpc) is 2.92. The van der Waals surface area contributed by atoms with Crippen LogP contribution in [0.1, 0.15) is 22.0 Å². The second-order valence-electron chi connectivity index (χ2n) is 7.89. The molecule has 0 heterocycles. The molecule has 0 fully saturated rings. The first-order chi connectivity index (χ1) is 17.9. The zero-order chi connectivity index (χ0) is 26.4. The van der Waals surface area contributed by atoms with Gasteiger partial charge in [-0.2, -0.15) is 0 Å². The molecule has 1 N–H and O–H groups in total. The summed E-state index contributed by atoms with van der Waals surface area (Å²) in [5.74, 6) is -1.36. The highest BCUT2D eigenvalue weighted by atomic mass is 16.6. The van der Waals surface area contributed by atoms with Crippen LogP contribution in [-0.4, -0.2) is 21.7 Å². The van der Waals surface area contributed by atoms with Crippen molar-refractivity contribution in [1.82, 2.24) is 0 Å². The fourth-order valence-electron chi connectivity index (χ4n) is 3.85. The summed E-state index contributed by atoms with van der Waals surface area (Å²) >= 11 is 0. The van der Waals surface area contributed by atoms with E-state index in [2.05, 4.69) is 5.32 Å². The molecular formula is C27H20N4O6. The van der Waals surface area contributed by atoms with Crippen LogP contribution in [0.3, 0.4) is 0 Å². The van der Waals surface area contributed by atoms with E-state index in [-0.39, 0.29) is 16.9 Å². The van der Waals surface area contributed by atoms with Crippen molar-refractivity contribution < 1.29 is 19.4 Å². The molecule has 0 aliphatic rings. The van der Waals surface area contributed by atoms with Crippen LogP contribution in [0.5, 0.6) is 0 Å². The number of nitro groups is 2. The third-order valence-electron chi connectivity index (χ3n) is 5.55. The number of rotatable bonds is 8. The fraction of sp³-hybridized carbons (Fsp3) is 0.0370. The van der Waals surface area contributed by atoms with Gasteiger partial charge in [0.1, 0.15) is 11.6 Å². The van der Waals surface area contributed by atoms with Crippen molar-refractivity contribution in [3.05, 3.63) is 141 Å². The molecule has 0 spiro atoms. The van der Waals surface area contributed by atoms with Gasteiger partial charge in [0, 0.05) is 29.6 Å². The largest absolute Gasteiger partial charge is 0.324 e. The van der Waals surface area contributed by atoms with Crippen molar-refractivity contribution in [1.29, 1.82) is 0 Å². The molecule has 4 rings (SSSR count). The highest BCUT2D eigenvalue weighted by molar-refractivity contribution is 6.13. The van der Waals surface area contributed by atoms with E-state index in [9.17, 15) is 29.8 Å². The zero-order valence-electron chi connectivity index (χ0n) is 19.3. The Kier molecular flexibility index (Phi) is 7.29. The van der Waals surface area contributed by atoms with Gasteiger partial charge in [-0.1, -0.05) is 60.7 Å². The maximum Gasteiger partial charge on any atom is 0.282 e. The molecule has 184 valence electrons. The van der Waals surface area contributed by atoms with Gasteiger partial charge >= 0.3 is 0 Å². The summed E-state index contributed by atoms with van der Waals surface area (Å²) in [6, 6.07) is 26.5. The number of nitrogens with zero attached hydrogens (tertiary/aromatic N) is 3. The summed E-state index contributed by atoms with van der Waals surface area (Å²) in [6.45, 7) is 0. The summed E-state index contributed by atoms with van der Waals surface area (Å²) in [5.41, 5.74) is 0.366. The van der Waals surface area contributed by atoms with Gasteiger partial charge in [-0.25, -0.2) is 0 Å². The minimum absolute atomic E-state index is 0.143. The van der Waals surface area contributed by atoms with E-state index in [1.165, 1.54) is 53.4 Å². The molecule has 2 amide bonds. The smallest absolute Gasteiger partial charge is 0.282 e. The Morgan fingerprint density at radius 3 is 1.86 bits per heavy atom. The van der Waals surface area contributed by atoms with Gasteiger partial charge in [-0.05, 0) is 35.9 Å². The van der Waals surface area contributed by atoms with Crippen LogP contribution in [0.25, 0.3) is 0 Å². The Hall–Kier alpha value is -5.38. The number of non-ortho nitro benzene ring substituents is 1. The van der Waals surface area contributed by atoms with Crippen molar-refractivity contribution in [3.8, 4) is 0 Å². The van der Waals surface area contributed by atoms with E-state index in [1.54, 1.807) is 60.7 Å². The van der Waals surface area contributed by atoms with Crippen LogP contribution in [-0.2, 0) is 4.79 Å². The molecule has 37 heavy (non-hydrogen) atoms. The minimum Gasteiger partial charge on any atom is -0.324 e. The number of para-hydroxylation sites is 2. The quantitative estimate of drug-likeness (QED) is 0.252. The summed E-state index contributed by atoms with van der Waals surface area (Å²) < 4.78 is 0. The lowest BCUT2D eigenvalue weighted by molar-refractivity contribution is -0.385. The number of carbonyl (C=O) groups excluding carboxylic acids is 2. The zero-order valence-corrected chi connectivity index (χ0v) is 19.3. The number of hydrogen-bond donors (Lipinski definition) is 1. The molecule has 10 heteroatoms. The monoisotopic (exact) mass is 496 g/mol. The molecule has 4 aromatic carbocycles. The Balaban J connectivity index is 1.83. The molecule has 0 aromatic heterocycles. The van der Waals surface area contributed by atoms with E-state index < -0.39 is 33.4 Å². The van der Waals surface area contributed by atoms with Gasteiger partial charge in [-0.15, -0.1) is 0 Å². The van der Waals surface area contributed by atoms with Crippen LogP contribution in [0.4, 0.5) is 22.7 Å². The molecule has 0 aliphatic heterocycles. The highest BCUT2D eigenvalue weighted by Crippen LogP contribution is 2.32. The molecule has 0 aliphatic carbocycles. The molecule has 1 atom stereocenters. The van der Waals surface area contributed by atoms with E-state index in [0.717, 1.165) is 0 Å². The number of anilines is 2. The predicted octanol–water partition coefficient (Wildman–Crippen LogP) is 5.53. The van der Waals surface area contributed by atoms with Crippen LogP contribution < -0.4 is 10.2 Å². The van der Waals surface area contributed by atoms with Gasteiger partial charge < -0.3 is 5.32 Å². The third kappa shape index (κ3) is 5.49. The predicted molar refractivity (Wildman–Crippen MR) is 137 cm³/mol. The van der Waals surface area contributed by atoms with Gasteiger partial charge in [0.15, 0.2) is 0 Å². The summed E-state index contributed by atoms with van der Waals surface area (Å²) in [4.78, 5) is 50.3. The van der Waals surface area contributed by atoms with Crippen molar-refractivity contribution in [3.63, 3.8) is 0 Å². The van der Waals surface area contributed by atoms with Gasteiger partial charge in [-0.3, -0.25) is 34.7 Å². The van der Waals surface area contributed by atoms with Crippen LogP contribution >= 0.6 is 0 Å². The topological polar surface area (TPSA) is 136 Å². The lowest BCUT2D eigenvalue weighted by Crippen LogP contribution is -2.41. The first-order valence-corrected chi connectivity index (χ1v) is 11.1. The Bertz CT molecular complexity index is 1440. The second kappa shape index (κ2) is 10.9. The maximum absolute atomic E-state index is 13.9. The molecule has 4 aromatic rings. The van der Waals surface area contributed by atoms with Crippen LogP contribution in [0, 0.1) is 20.2 Å². The number of amides is 2. The van der Waals surface area contributed by atoms with E-state index in [4.69, 9.17) is 0 Å². The molecule has 0 bridgehead atoms. The SMILES string of the molecule is O=C(Nc1ccc([N+](=O)[O-])cc1)C(c1ccccc1)N(C(=O)c1ccccc1[N+](=O)[O-])c1ccccc1. The van der Waals surface area contributed by atoms with Crippen molar-refractivity contribution in [2.45, 2.75) is 6.04 Å². The van der Waals surface area contributed by atoms with E-state index >= 15 is 0 Å². The van der Waals surface area contributed by atoms with Crippen molar-refractivity contribution in [2.24, 2.45) is 0 Å². The average molecular weight is 496 g/mol. The number of benzene rings is 4. The van der Waals surface area contributed by atoms with E-state index in [1.807, 2.05) is 0 Å². The number of nitro benzene ring substituents is 2. The Morgan fingerprint density at radius 1 is 0.703 bits per heavy atom. The van der Waals surface area contributed by atoms with Crippen molar-refractivity contribution >= 4 is 34.6 Å². The van der Waals surface area contributed by atoms with Crippen LogP contribution in [0.15, 0.2) is 109 Å². The normalized spacial score (nSPS) is 11.2. The third-order valence-corrected chi connectivity index (χ3v) is 5.55. The van der Waals surface area contributed by atoms with Gasteiger partial charge in [0.2, 0.25) is 0 Å². The highest BCUT2D eigenvalue weighted by Gasteiger charge is 2.36. The summed E-state index contributed by atoms with van der Waals surface area (Å²) in [6.07, 6.45) is 0. The summed E-state index contributed by atoms with van der Waals surface area (Å²) in [7, 11) is 0. The Morgan fingerprint density at radius 2 is 1.27 bits per heavy atom. The molecule has 0 saturated carbocycles. The molecule has 0 radical (unpaired) electrons.